The number of nitrogens with one attached hydrogen (secondary N) is 1. The molecule has 4 amide bonds. The molecule has 5 nitrogen and oxygen atoms in total. The van der Waals surface area contributed by atoms with Gasteiger partial charge in [-0.2, -0.15) is 0 Å². The number of amides is 4. The van der Waals surface area contributed by atoms with Crippen molar-refractivity contribution in [2.24, 2.45) is 0 Å². The van der Waals surface area contributed by atoms with E-state index in [0.717, 1.165) is 28.9 Å². The van der Waals surface area contributed by atoms with Crippen LogP contribution in [-0.2, 0) is 9.59 Å². The number of nitrogens with zero attached hydrogens (tertiary/aromatic N) is 1. The minimum atomic E-state index is -0.761. The lowest BCUT2D eigenvalue weighted by Gasteiger charge is -2.27. The Balaban J connectivity index is 1.61. The summed E-state index contributed by atoms with van der Waals surface area (Å²) in [5.41, 5.74) is 1.06. The molecular formula is C22H14BrClN2O3S2. The second kappa shape index (κ2) is 9.00. The van der Waals surface area contributed by atoms with Crippen LogP contribution in [0.1, 0.15) is 10.4 Å². The van der Waals surface area contributed by atoms with Gasteiger partial charge in [0.15, 0.2) is 0 Å². The topological polar surface area (TPSA) is 66.5 Å². The molecule has 2 heterocycles. The predicted octanol–water partition coefficient (Wildman–Crippen LogP) is 6.29. The predicted molar refractivity (Wildman–Crippen MR) is 128 cm³/mol. The normalized spacial score (nSPS) is 15.5. The van der Waals surface area contributed by atoms with Gasteiger partial charge in [-0.25, -0.2) is 9.69 Å². The smallest absolute Gasteiger partial charge is 0.273 e. The zero-order chi connectivity index (χ0) is 22.1. The highest BCUT2D eigenvalue weighted by atomic mass is 79.9. The highest BCUT2D eigenvalue weighted by molar-refractivity contribution is 9.10. The van der Waals surface area contributed by atoms with E-state index in [9.17, 15) is 14.4 Å². The molecule has 2 aromatic carbocycles. The van der Waals surface area contributed by atoms with Crippen LogP contribution in [0.5, 0.6) is 0 Å². The van der Waals surface area contributed by atoms with E-state index in [2.05, 4.69) is 21.2 Å². The van der Waals surface area contributed by atoms with Crippen LogP contribution >= 0.6 is 50.6 Å². The number of aryl methyl sites for hydroxylation is 1. The first-order valence-electron chi connectivity index (χ1n) is 9.03. The number of urea groups is 1. The Kier molecular flexibility index (Phi) is 6.34. The fourth-order valence-electron chi connectivity index (χ4n) is 2.97. The maximum absolute atomic E-state index is 13.1. The molecular weight excluding hydrogens is 520 g/mol. The van der Waals surface area contributed by atoms with Gasteiger partial charge in [-0.15, -0.1) is 11.3 Å². The fraction of sp³-hybridized carbons (Fsp3) is 0.0455. The van der Waals surface area contributed by atoms with Gasteiger partial charge < -0.3 is 0 Å². The van der Waals surface area contributed by atoms with Gasteiger partial charge in [0, 0.05) is 19.3 Å². The van der Waals surface area contributed by atoms with Crippen molar-refractivity contribution in [2.45, 2.75) is 16.0 Å². The van der Waals surface area contributed by atoms with Crippen LogP contribution in [0.3, 0.4) is 0 Å². The van der Waals surface area contributed by atoms with Crippen molar-refractivity contribution < 1.29 is 14.4 Å². The molecule has 0 aliphatic carbocycles. The molecule has 9 heteroatoms. The van der Waals surface area contributed by atoms with Crippen molar-refractivity contribution in [3.63, 3.8) is 0 Å². The second-order valence-corrected chi connectivity index (χ2v) is 10.4. The number of hydrogen-bond acceptors (Lipinski definition) is 5. The van der Waals surface area contributed by atoms with Crippen LogP contribution in [-0.4, -0.2) is 17.8 Å². The van der Waals surface area contributed by atoms with Crippen molar-refractivity contribution in [2.75, 3.05) is 4.90 Å². The van der Waals surface area contributed by atoms with E-state index in [4.69, 9.17) is 11.6 Å². The van der Waals surface area contributed by atoms with Gasteiger partial charge in [-0.05, 0) is 73.2 Å². The first-order valence-corrected chi connectivity index (χ1v) is 11.8. The van der Waals surface area contributed by atoms with Gasteiger partial charge in [-0.1, -0.05) is 39.3 Å². The molecule has 0 saturated carbocycles. The largest absolute Gasteiger partial charge is 0.335 e. The van der Waals surface area contributed by atoms with E-state index in [1.807, 2.05) is 36.4 Å². The Hall–Kier alpha value is -2.39. The number of thiophene rings is 1. The summed E-state index contributed by atoms with van der Waals surface area (Å²) in [4.78, 5) is 40.6. The van der Waals surface area contributed by atoms with E-state index in [1.165, 1.54) is 17.4 Å². The molecule has 31 heavy (non-hydrogen) atoms. The molecule has 1 saturated heterocycles. The average molecular weight is 534 g/mol. The third kappa shape index (κ3) is 4.77. The van der Waals surface area contributed by atoms with Crippen LogP contribution < -0.4 is 10.2 Å². The summed E-state index contributed by atoms with van der Waals surface area (Å²) in [6.45, 7) is 1.79. The van der Waals surface area contributed by atoms with Crippen molar-refractivity contribution in [3.8, 4) is 0 Å². The molecule has 1 aliphatic rings. The summed E-state index contributed by atoms with van der Waals surface area (Å²) in [6, 6.07) is 15.7. The van der Waals surface area contributed by atoms with E-state index in [-0.39, 0.29) is 5.57 Å². The molecule has 4 rings (SSSR count). The Morgan fingerprint density at radius 3 is 2.52 bits per heavy atom. The third-order valence-corrected chi connectivity index (χ3v) is 7.34. The number of hydrogen-bond donors (Lipinski definition) is 1. The van der Waals surface area contributed by atoms with Crippen molar-refractivity contribution in [3.05, 3.63) is 80.1 Å². The van der Waals surface area contributed by atoms with Crippen LogP contribution in [0.15, 0.2) is 73.7 Å². The van der Waals surface area contributed by atoms with E-state index >= 15 is 0 Å². The number of rotatable bonds is 4. The first-order chi connectivity index (χ1) is 14.8. The monoisotopic (exact) mass is 532 g/mol. The van der Waals surface area contributed by atoms with E-state index < -0.39 is 17.8 Å². The first kappa shape index (κ1) is 21.8. The molecule has 0 spiro atoms. The molecule has 3 aromatic rings. The van der Waals surface area contributed by atoms with Crippen molar-refractivity contribution in [1.29, 1.82) is 0 Å². The number of imide groups is 2. The van der Waals surface area contributed by atoms with Crippen LogP contribution in [0.2, 0.25) is 5.02 Å². The van der Waals surface area contributed by atoms with E-state index in [1.54, 1.807) is 36.9 Å². The summed E-state index contributed by atoms with van der Waals surface area (Å²) >= 11 is 12.3. The van der Waals surface area contributed by atoms with Gasteiger partial charge in [0.25, 0.3) is 11.8 Å². The second-order valence-electron chi connectivity index (χ2n) is 6.60. The molecule has 1 aliphatic heterocycles. The van der Waals surface area contributed by atoms with Gasteiger partial charge in [0.1, 0.15) is 5.57 Å². The molecule has 0 atom stereocenters. The number of carbonyl (C=O) groups excluding carboxylic acids is 3. The van der Waals surface area contributed by atoms with Crippen molar-refractivity contribution in [1.82, 2.24) is 5.32 Å². The number of carbonyl (C=O) groups is 3. The summed E-state index contributed by atoms with van der Waals surface area (Å²) in [5, 5.41) is 2.93. The minimum absolute atomic E-state index is 0.0909. The van der Waals surface area contributed by atoms with Crippen LogP contribution in [0, 0.1) is 6.92 Å². The van der Waals surface area contributed by atoms with Crippen LogP contribution in [0.4, 0.5) is 10.5 Å². The van der Waals surface area contributed by atoms with Gasteiger partial charge in [0.2, 0.25) is 0 Å². The molecule has 0 bridgehead atoms. The Morgan fingerprint density at radius 1 is 1.06 bits per heavy atom. The molecule has 0 unspecified atom stereocenters. The fourth-order valence-corrected chi connectivity index (χ4v) is 5.64. The number of benzene rings is 2. The highest BCUT2D eigenvalue weighted by Crippen LogP contribution is 2.35. The minimum Gasteiger partial charge on any atom is -0.273 e. The third-order valence-electron chi connectivity index (χ3n) is 4.42. The summed E-state index contributed by atoms with van der Waals surface area (Å²) in [5.74, 6) is -1.36. The average Bonchev–Trinajstić information content (AvgIpc) is 3.15. The summed E-state index contributed by atoms with van der Waals surface area (Å²) in [7, 11) is 0. The van der Waals surface area contributed by atoms with Gasteiger partial charge in [-0.3, -0.25) is 14.9 Å². The standard InChI is InChI=1S/C22H14BrClN2O3S2/c1-12-10-13(23)2-8-18(12)26-21(28)17(20(27)25-22(26)29)11-16-7-9-19(31-16)30-15-5-3-14(24)4-6-15/h2-11H,1H3,(H,25,27,29)/b17-11+. The molecule has 1 aromatic heterocycles. The molecule has 0 radical (unpaired) electrons. The molecule has 1 fully saturated rings. The maximum Gasteiger partial charge on any atom is 0.335 e. The Labute approximate surface area is 200 Å². The zero-order valence-electron chi connectivity index (χ0n) is 16.0. The quantitative estimate of drug-likeness (QED) is 0.316. The number of halogens is 2. The van der Waals surface area contributed by atoms with Crippen LogP contribution in [0.25, 0.3) is 6.08 Å². The molecule has 156 valence electrons. The van der Waals surface area contributed by atoms with Gasteiger partial charge >= 0.3 is 6.03 Å². The number of barbiturate groups is 1. The number of anilines is 1. The Morgan fingerprint density at radius 2 is 1.81 bits per heavy atom. The maximum atomic E-state index is 13.1. The lowest BCUT2D eigenvalue weighted by molar-refractivity contribution is -0.122. The highest BCUT2D eigenvalue weighted by Gasteiger charge is 2.37. The lowest BCUT2D eigenvalue weighted by Crippen LogP contribution is -2.54. The Bertz CT molecular complexity index is 1240. The summed E-state index contributed by atoms with van der Waals surface area (Å²) in [6.07, 6.45) is 1.52. The summed E-state index contributed by atoms with van der Waals surface area (Å²) < 4.78 is 1.82. The molecule has 1 N–H and O–H groups in total. The zero-order valence-corrected chi connectivity index (χ0v) is 20.0. The SMILES string of the molecule is Cc1cc(Br)ccc1N1C(=O)NC(=O)/C(=C\c2ccc(Sc3ccc(Cl)cc3)s2)C1=O. The van der Waals surface area contributed by atoms with E-state index in [0.29, 0.717) is 10.7 Å². The van der Waals surface area contributed by atoms with Crippen molar-refractivity contribution >= 4 is 80.2 Å². The lowest BCUT2D eigenvalue weighted by atomic mass is 10.1. The van der Waals surface area contributed by atoms with Gasteiger partial charge in [0.05, 0.1) is 9.90 Å².